The van der Waals surface area contributed by atoms with Crippen molar-refractivity contribution in [2.24, 2.45) is 5.92 Å². The van der Waals surface area contributed by atoms with Crippen LogP contribution >= 0.6 is 0 Å². The first-order valence-electron chi connectivity index (χ1n) is 6.41. The fourth-order valence-corrected chi connectivity index (χ4v) is 2.76. The molecule has 1 atom stereocenters. The molecule has 1 aromatic carbocycles. The molecule has 0 aliphatic carbocycles. The monoisotopic (exact) mass is 228 g/mol. The average molecular weight is 228 g/mol. The maximum Gasteiger partial charge on any atom is 0.101 e. The zero-order valence-electron chi connectivity index (χ0n) is 10.9. The van der Waals surface area contributed by atoms with Gasteiger partial charge in [0, 0.05) is 12.6 Å². The van der Waals surface area contributed by atoms with Gasteiger partial charge in [0.15, 0.2) is 0 Å². The summed E-state index contributed by atoms with van der Waals surface area (Å²) in [6.45, 7) is 7.71. The third kappa shape index (κ3) is 2.29. The number of hydrogen-bond acceptors (Lipinski definition) is 2. The second kappa shape index (κ2) is 4.79. The zero-order valence-corrected chi connectivity index (χ0v) is 10.9. The Labute approximate surface area is 104 Å². The van der Waals surface area contributed by atoms with Crippen molar-refractivity contribution < 1.29 is 0 Å². The van der Waals surface area contributed by atoms with E-state index in [0.717, 1.165) is 17.8 Å². The summed E-state index contributed by atoms with van der Waals surface area (Å²) in [4.78, 5) is 2.43. The summed E-state index contributed by atoms with van der Waals surface area (Å²) in [5.74, 6) is 0.643. The van der Waals surface area contributed by atoms with Crippen molar-refractivity contribution >= 4 is 5.69 Å². The molecule has 0 aromatic heterocycles. The third-order valence-electron chi connectivity index (χ3n) is 3.65. The third-order valence-corrected chi connectivity index (χ3v) is 3.65. The molecular weight excluding hydrogens is 208 g/mol. The molecule has 0 bridgehead atoms. The number of rotatable bonds is 2. The zero-order chi connectivity index (χ0) is 12.4. The SMILES string of the molecule is Cc1ccc(C#N)c(N2CCCC2C(C)C)c1. The fourth-order valence-electron chi connectivity index (χ4n) is 2.76. The molecule has 1 heterocycles. The van der Waals surface area contributed by atoms with E-state index in [-0.39, 0.29) is 0 Å². The molecule has 1 unspecified atom stereocenters. The Morgan fingerprint density at radius 2 is 2.18 bits per heavy atom. The van der Waals surface area contributed by atoms with Crippen molar-refractivity contribution in [2.45, 2.75) is 39.7 Å². The van der Waals surface area contributed by atoms with Gasteiger partial charge in [-0.1, -0.05) is 19.9 Å². The van der Waals surface area contributed by atoms with Crippen LogP contribution in [0.3, 0.4) is 0 Å². The Bertz CT molecular complexity index is 443. The van der Waals surface area contributed by atoms with Gasteiger partial charge in [0.05, 0.1) is 11.3 Å². The highest BCUT2D eigenvalue weighted by molar-refractivity contribution is 5.61. The molecule has 0 radical (unpaired) electrons. The second-order valence-corrected chi connectivity index (χ2v) is 5.28. The average Bonchev–Trinajstić information content (AvgIpc) is 2.77. The Morgan fingerprint density at radius 1 is 1.41 bits per heavy atom. The van der Waals surface area contributed by atoms with Crippen LogP contribution in [-0.2, 0) is 0 Å². The molecular formula is C15H20N2. The first-order valence-corrected chi connectivity index (χ1v) is 6.41. The van der Waals surface area contributed by atoms with Gasteiger partial charge >= 0.3 is 0 Å². The molecule has 2 nitrogen and oxygen atoms in total. The highest BCUT2D eigenvalue weighted by Crippen LogP contribution is 2.32. The fraction of sp³-hybridized carbons (Fsp3) is 0.533. The number of benzene rings is 1. The second-order valence-electron chi connectivity index (χ2n) is 5.28. The van der Waals surface area contributed by atoms with Crippen LogP contribution in [0.25, 0.3) is 0 Å². The summed E-state index contributed by atoms with van der Waals surface area (Å²) in [5.41, 5.74) is 3.17. The normalized spacial score (nSPS) is 19.7. The smallest absolute Gasteiger partial charge is 0.101 e. The van der Waals surface area contributed by atoms with Crippen LogP contribution in [0, 0.1) is 24.2 Å². The van der Waals surface area contributed by atoms with Crippen molar-refractivity contribution in [3.63, 3.8) is 0 Å². The van der Waals surface area contributed by atoms with Crippen LogP contribution < -0.4 is 4.90 Å². The van der Waals surface area contributed by atoms with Gasteiger partial charge in [-0.05, 0) is 43.4 Å². The molecule has 1 aliphatic heterocycles. The molecule has 1 aromatic rings. The summed E-state index contributed by atoms with van der Waals surface area (Å²) in [6.07, 6.45) is 2.48. The number of anilines is 1. The summed E-state index contributed by atoms with van der Waals surface area (Å²) in [6, 6.07) is 9.02. The van der Waals surface area contributed by atoms with Crippen molar-refractivity contribution in [3.8, 4) is 6.07 Å². The Kier molecular flexibility index (Phi) is 3.38. The largest absolute Gasteiger partial charge is 0.367 e. The molecule has 2 rings (SSSR count). The van der Waals surface area contributed by atoms with E-state index in [1.165, 1.54) is 18.4 Å². The van der Waals surface area contributed by atoms with Crippen LogP contribution in [0.15, 0.2) is 18.2 Å². The van der Waals surface area contributed by atoms with Crippen LogP contribution in [0.1, 0.15) is 37.8 Å². The molecule has 0 saturated carbocycles. The molecule has 1 fully saturated rings. The highest BCUT2D eigenvalue weighted by atomic mass is 15.2. The van der Waals surface area contributed by atoms with Crippen molar-refractivity contribution in [3.05, 3.63) is 29.3 Å². The number of nitriles is 1. The quantitative estimate of drug-likeness (QED) is 0.774. The van der Waals surface area contributed by atoms with E-state index in [2.05, 4.69) is 37.8 Å². The van der Waals surface area contributed by atoms with E-state index >= 15 is 0 Å². The van der Waals surface area contributed by atoms with Gasteiger partial charge in [0.2, 0.25) is 0 Å². The molecule has 2 heteroatoms. The highest BCUT2D eigenvalue weighted by Gasteiger charge is 2.28. The lowest BCUT2D eigenvalue weighted by Gasteiger charge is -2.30. The number of aryl methyl sites for hydroxylation is 1. The first kappa shape index (κ1) is 12.0. The topological polar surface area (TPSA) is 27.0 Å². The van der Waals surface area contributed by atoms with E-state index in [0.29, 0.717) is 12.0 Å². The molecule has 90 valence electrons. The minimum atomic E-state index is 0.587. The molecule has 0 amide bonds. The van der Waals surface area contributed by atoms with E-state index in [1.807, 2.05) is 12.1 Å². The van der Waals surface area contributed by atoms with E-state index in [9.17, 15) is 5.26 Å². The van der Waals surface area contributed by atoms with Gasteiger partial charge in [-0.2, -0.15) is 5.26 Å². The molecule has 0 N–H and O–H groups in total. The van der Waals surface area contributed by atoms with Crippen LogP contribution in [0.5, 0.6) is 0 Å². The predicted molar refractivity (Wildman–Crippen MR) is 71.1 cm³/mol. The minimum Gasteiger partial charge on any atom is -0.367 e. The predicted octanol–water partition coefficient (Wildman–Crippen LogP) is 3.49. The maximum absolute atomic E-state index is 9.22. The van der Waals surface area contributed by atoms with E-state index < -0.39 is 0 Å². The number of nitrogens with zero attached hydrogens (tertiary/aromatic N) is 2. The Morgan fingerprint density at radius 3 is 2.82 bits per heavy atom. The van der Waals surface area contributed by atoms with Gasteiger partial charge in [-0.3, -0.25) is 0 Å². The Hall–Kier alpha value is -1.49. The van der Waals surface area contributed by atoms with Crippen molar-refractivity contribution in [1.82, 2.24) is 0 Å². The van der Waals surface area contributed by atoms with Crippen LogP contribution in [0.2, 0.25) is 0 Å². The van der Waals surface area contributed by atoms with Gasteiger partial charge < -0.3 is 4.90 Å². The van der Waals surface area contributed by atoms with E-state index in [4.69, 9.17) is 0 Å². The lowest BCUT2D eigenvalue weighted by molar-refractivity contribution is 0.491. The van der Waals surface area contributed by atoms with Crippen molar-refractivity contribution in [1.29, 1.82) is 5.26 Å². The lowest BCUT2D eigenvalue weighted by atomic mass is 10.0. The lowest BCUT2D eigenvalue weighted by Crippen LogP contribution is -2.33. The van der Waals surface area contributed by atoms with Gasteiger partial charge in [0.25, 0.3) is 0 Å². The molecule has 17 heavy (non-hydrogen) atoms. The summed E-state index contributed by atoms with van der Waals surface area (Å²) in [5, 5.41) is 9.22. The maximum atomic E-state index is 9.22. The molecule has 1 saturated heterocycles. The van der Waals surface area contributed by atoms with E-state index in [1.54, 1.807) is 0 Å². The van der Waals surface area contributed by atoms with Gasteiger partial charge in [-0.25, -0.2) is 0 Å². The standard InChI is InChI=1S/C15H20N2/c1-11(2)14-5-4-8-17(14)15-9-12(3)6-7-13(15)10-16/h6-7,9,11,14H,4-5,8H2,1-3H3. The van der Waals surface area contributed by atoms with Crippen LogP contribution in [-0.4, -0.2) is 12.6 Å². The number of hydrogen-bond donors (Lipinski definition) is 0. The minimum absolute atomic E-state index is 0.587. The van der Waals surface area contributed by atoms with Gasteiger partial charge in [-0.15, -0.1) is 0 Å². The van der Waals surface area contributed by atoms with Crippen molar-refractivity contribution in [2.75, 3.05) is 11.4 Å². The Balaban J connectivity index is 2.39. The summed E-state index contributed by atoms with van der Waals surface area (Å²) in [7, 11) is 0. The summed E-state index contributed by atoms with van der Waals surface area (Å²) < 4.78 is 0. The molecule has 1 aliphatic rings. The first-order chi connectivity index (χ1) is 8.13. The molecule has 0 spiro atoms. The summed E-state index contributed by atoms with van der Waals surface area (Å²) >= 11 is 0. The van der Waals surface area contributed by atoms with Crippen LogP contribution in [0.4, 0.5) is 5.69 Å². The van der Waals surface area contributed by atoms with Gasteiger partial charge in [0.1, 0.15) is 6.07 Å².